The van der Waals surface area contributed by atoms with E-state index < -0.39 is 35.2 Å². The molecule has 2 saturated heterocycles. The first kappa shape index (κ1) is 31.5. The second kappa shape index (κ2) is 14.3. The van der Waals surface area contributed by atoms with Crippen LogP contribution in [0.4, 0.5) is 13.2 Å². The van der Waals surface area contributed by atoms with E-state index in [-0.39, 0.29) is 43.0 Å². The number of carboxylic acids is 1. The standard InChI is InChI=1S/C32H37F3N4O5/c33-24-10-11-25(34)31(30(24)35)44-16-2-3-20-6-8-21(9-7-20)23-17-22-18-39(19-26(37-22)29(23)32(42)43)28(41)5-1-4-27(40)38-14-12-36-13-15-38/h6-11,22,26,36-37H,1-5,12-19H2,(H,42,43)/t22-,26-/m1/s1. The number of nitrogens with one attached hydrogen (secondary N) is 2. The van der Waals surface area contributed by atoms with E-state index in [1.54, 1.807) is 4.90 Å². The molecule has 0 unspecified atom stereocenters. The number of nitrogens with zero attached hydrogens (tertiary/aromatic N) is 2. The Morgan fingerprint density at radius 1 is 0.886 bits per heavy atom. The molecule has 2 atom stereocenters. The highest BCUT2D eigenvalue weighted by Gasteiger charge is 2.39. The summed E-state index contributed by atoms with van der Waals surface area (Å²) in [5.41, 5.74) is 2.69. The highest BCUT2D eigenvalue weighted by atomic mass is 19.2. The lowest BCUT2D eigenvalue weighted by atomic mass is 9.83. The van der Waals surface area contributed by atoms with E-state index in [0.717, 1.165) is 35.9 Å². The summed E-state index contributed by atoms with van der Waals surface area (Å²) in [6.45, 7) is 3.62. The van der Waals surface area contributed by atoms with Crippen molar-refractivity contribution in [2.24, 2.45) is 0 Å². The van der Waals surface area contributed by atoms with Crippen LogP contribution in [-0.4, -0.2) is 90.6 Å². The fraction of sp³-hybridized carbons (Fsp3) is 0.469. The minimum Gasteiger partial charge on any atom is -0.488 e. The van der Waals surface area contributed by atoms with Gasteiger partial charge in [0.15, 0.2) is 17.4 Å². The van der Waals surface area contributed by atoms with Gasteiger partial charge in [0.25, 0.3) is 0 Å². The number of fused-ring (bicyclic) bond motifs is 2. The van der Waals surface area contributed by atoms with Crippen LogP contribution in [0, 0.1) is 17.5 Å². The zero-order valence-electron chi connectivity index (χ0n) is 24.4. The zero-order chi connectivity index (χ0) is 31.2. The summed E-state index contributed by atoms with van der Waals surface area (Å²) in [7, 11) is 0. The Labute approximate surface area is 254 Å². The summed E-state index contributed by atoms with van der Waals surface area (Å²) in [6.07, 6.45) is 2.44. The van der Waals surface area contributed by atoms with Crippen LogP contribution in [-0.2, 0) is 20.8 Å². The van der Waals surface area contributed by atoms with Gasteiger partial charge in [0.2, 0.25) is 17.6 Å². The van der Waals surface area contributed by atoms with Gasteiger partial charge in [0.1, 0.15) is 0 Å². The summed E-state index contributed by atoms with van der Waals surface area (Å²) in [5.74, 6) is -5.27. The van der Waals surface area contributed by atoms with Crippen LogP contribution in [0.3, 0.4) is 0 Å². The lowest BCUT2D eigenvalue weighted by Crippen LogP contribution is -2.61. The number of ether oxygens (including phenoxy) is 1. The van der Waals surface area contributed by atoms with E-state index >= 15 is 0 Å². The summed E-state index contributed by atoms with van der Waals surface area (Å²) in [5, 5.41) is 16.7. The number of hydrogen-bond donors (Lipinski definition) is 3. The van der Waals surface area contributed by atoms with Crippen LogP contribution >= 0.6 is 0 Å². The Kier molecular flexibility index (Phi) is 10.2. The minimum atomic E-state index is -1.35. The number of aryl methyl sites for hydroxylation is 1. The van der Waals surface area contributed by atoms with Gasteiger partial charge in [-0.2, -0.15) is 4.39 Å². The Hall–Kier alpha value is -3.90. The number of aliphatic carboxylic acids is 1. The molecule has 12 heteroatoms. The Bertz CT molecular complexity index is 1410. The normalized spacial score (nSPS) is 20.1. The van der Waals surface area contributed by atoms with Crippen molar-refractivity contribution in [3.05, 3.63) is 70.5 Å². The number of carbonyl (C=O) groups excluding carboxylic acids is 2. The number of hydrogen-bond acceptors (Lipinski definition) is 6. The average molecular weight is 615 g/mol. The summed E-state index contributed by atoms with van der Waals surface area (Å²) in [4.78, 5) is 41.4. The summed E-state index contributed by atoms with van der Waals surface area (Å²) >= 11 is 0. The molecule has 3 aliphatic heterocycles. The minimum absolute atomic E-state index is 0.00985. The molecule has 9 nitrogen and oxygen atoms in total. The molecule has 2 aromatic carbocycles. The maximum Gasteiger partial charge on any atom is 0.333 e. The van der Waals surface area contributed by atoms with Gasteiger partial charge in [-0.05, 0) is 54.5 Å². The number of carboxylic acid groups (broad SMARTS) is 1. The number of piperazine rings is 2. The van der Waals surface area contributed by atoms with E-state index in [9.17, 15) is 32.7 Å². The predicted octanol–water partition coefficient (Wildman–Crippen LogP) is 3.13. The third-order valence-corrected chi connectivity index (χ3v) is 8.40. The van der Waals surface area contributed by atoms with Gasteiger partial charge in [-0.1, -0.05) is 24.3 Å². The van der Waals surface area contributed by atoms with Crippen LogP contribution in [0.25, 0.3) is 5.57 Å². The van der Waals surface area contributed by atoms with Crippen LogP contribution < -0.4 is 15.4 Å². The number of halogens is 3. The highest BCUT2D eigenvalue weighted by Crippen LogP contribution is 2.34. The summed E-state index contributed by atoms with van der Waals surface area (Å²) in [6, 6.07) is 8.38. The van der Waals surface area contributed by atoms with Crippen LogP contribution in [0.2, 0.25) is 0 Å². The molecule has 44 heavy (non-hydrogen) atoms. The van der Waals surface area contributed by atoms with Gasteiger partial charge in [-0.3, -0.25) is 9.59 Å². The van der Waals surface area contributed by atoms with Gasteiger partial charge in [0, 0.05) is 58.2 Å². The predicted molar refractivity (Wildman–Crippen MR) is 156 cm³/mol. The smallest absolute Gasteiger partial charge is 0.333 e. The molecule has 0 spiro atoms. The number of amides is 2. The second-order valence-electron chi connectivity index (χ2n) is 11.4. The molecule has 2 fully saturated rings. The molecular formula is C32H37F3N4O5. The monoisotopic (exact) mass is 614 g/mol. The lowest BCUT2D eigenvalue weighted by molar-refractivity contribution is -0.137. The first-order valence-electron chi connectivity index (χ1n) is 15.1. The molecule has 2 aromatic rings. The average Bonchev–Trinajstić information content (AvgIpc) is 3.02. The van der Waals surface area contributed by atoms with Crippen molar-refractivity contribution in [2.45, 2.75) is 50.6 Å². The highest BCUT2D eigenvalue weighted by molar-refractivity contribution is 5.99. The maximum absolute atomic E-state index is 13.8. The van der Waals surface area contributed by atoms with Gasteiger partial charge in [0.05, 0.1) is 18.2 Å². The second-order valence-corrected chi connectivity index (χ2v) is 11.4. The maximum atomic E-state index is 13.8. The van der Waals surface area contributed by atoms with E-state index in [1.807, 2.05) is 29.2 Å². The quantitative estimate of drug-likeness (QED) is 0.264. The molecule has 3 heterocycles. The zero-order valence-corrected chi connectivity index (χ0v) is 24.4. The van der Waals surface area contributed by atoms with Crippen molar-refractivity contribution in [2.75, 3.05) is 45.9 Å². The van der Waals surface area contributed by atoms with Gasteiger partial charge in [-0.15, -0.1) is 0 Å². The largest absolute Gasteiger partial charge is 0.488 e. The number of rotatable bonds is 11. The first-order chi connectivity index (χ1) is 21.2. The number of benzene rings is 2. The van der Waals surface area contributed by atoms with Crippen molar-refractivity contribution >= 4 is 23.4 Å². The molecule has 0 aliphatic carbocycles. The van der Waals surface area contributed by atoms with Crippen LogP contribution in [0.1, 0.15) is 43.2 Å². The number of carbonyl (C=O) groups is 3. The van der Waals surface area contributed by atoms with E-state index in [4.69, 9.17) is 4.74 Å². The Morgan fingerprint density at radius 3 is 2.27 bits per heavy atom. The molecule has 3 N–H and O–H groups in total. The van der Waals surface area contributed by atoms with Crippen LogP contribution in [0.5, 0.6) is 5.75 Å². The molecule has 0 saturated carbocycles. The van der Waals surface area contributed by atoms with Gasteiger partial charge < -0.3 is 30.3 Å². The summed E-state index contributed by atoms with van der Waals surface area (Å²) < 4.78 is 46.0. The molecule has 2 bridgehead atoms. The Balaban J connectivity index is 1.16. The topological polar surface area (TPSA) is 111 Å². The molecule has 2 amide bonds. The fourth-order valence-electron chi connectivity index (χ4n) is 6.16. The van der Waals surface area contributed by atoms with Crippen molar-refractivity contribution in [1.82, 2.24) is 20.4 Å². The van der Waals surface area contributed by atoms with Crippen molar-refractivity contribution in [3.8, 4) is 5.75 Å². The molecule has 0 aromatic heterocycles. The van der Waals surface area contributed by atoms with Crippen molar-refractivity contribution in [1.29, 1.82) is 0 Å². The van der Waals surface area contributed by atoms with Crippen molar-refractivity contribution < 1.29 is 37.4 Å². The Morgan fingerprint density at radius 2 is 1.57 bits per heavy atom. The molecule has 3 aliphatic rings. The SMILES string of the molecule is O=C(O)C1=C(c2ccc(CCCOc3c(F)ccc(F)c3F)cc2)C[C@@H]2CN(C(=O)CCCC(=O)N3CCNCC3)C[C@H]1N2. The lowest BCUT2D eigenvalue weighted by Gasteiger charge is -2.43. The fourth-order valence-corrected chi connectivity index (χ4v) is 6.16. The molecule has 0 radical (unpaired) electrons. The van der Waals surface area contributed by atoms with E-state index in [0.29, 0.717) is 57.8 Å². The molecular weight excluding hydrogens is 577 g/mol. The van der Waals surface area contributed by atoms with Gasteiger partial charge in [-0.25, -0.2) is 13.6 Å². The van der Waals surface area contributed by atoms with Crippen molar-refractivity contribution in [3.63, 3.8) is 0 Å². The third-order valence-electron chi connectivity index (χ3n) is 8.40. The van der Waals surface area contributed by atoms with Crippen LogP contribution in [0.15, 0.2) is 42.0 Å². The third kappa shape index (κ3) is 7.41. The van der Waals surface area contributed by atoms with Gasteiger partial charge >= 0.3 is 5.97 Å². The first-order valence-corrected chi connectivity index (χ1v) is 15.1. The van der Waals surface area contributed by atoms with E-state index in [2.05, 4.69) is 10.6 Å². The molecule has 5 rings (SSSR count). The molecule has 236 valence electrons. The van der Waals surface area contributed by atoms with E-state index in [1.165, 1.54) is 0 Å².